The van der Waals surface area contributed by atoms with E-state index in [1.807, 2.05) is 7.05 Å². The maximum Gasteiger partial charge on any atom is 0.230 e. The van der Waals surface area contributed by atoms with Gasteiger partial charge in [-0.2, -0.15) is 0 Å². The highest BCUT2D eigenvalue weighted by Crippen LogP contribution is 2.29. The molecule has 1 amide bonds. The minimum Gasteiger partial charge on any atom is -0.379 e. The Balaban J connectivity index is 2.07. The molecule has 0 aliphatic carbocycles. The third-order valence-corrected chi connectivity index (χ3v) is 4.28. The summed E-state index contributed by atoms with van der Waals surface area (Å²) >= 11 is 0. The Labute approximate surface area is 104 Å². The van der Waals surface area contributed by atoms with Crippen molar-refractivity contribution < 1.29 is 9.53 Å². The smallest absolute Gasteiger partial charge is 0.230 e. The first-order chi connectivity index (χ1) is 8.19. The molecule has 2 rings (SSSR count). The summed E-state index contributed by atoms with van der Waals surface area (Å²) in [6.07, 6.45) is 3.36. The molecule has 4 nitrogen and oxygen atoms in total. The fraction of sp³-hybridized carbons (Fsp3) is 0.923. The predicted octanol–water partition coefficient (Wildman–Crippen LogP) is 1.01. The number of ether oxygens (including phenoxy) is 1. The Morgan fingerprint density at radius 2 is 2.18 bits per heavy atom. The fourth-order valence-corrected chi connectivity index (χ4v) is 3.14. The highest BCUT2D eigenvalue weighted by molar-refractivity contribution is 5.81. The molecule has 4 atom stereocenters. The van der Waals surface area contributed by atoms with Crippen LogP contribution in [0.1, 0.15) is 33.1 Å². The van der Waals surface area contributed by atoms with Crippen molar-refractivity contribution >= 4 is 5.91 Å². The number of likely N-dealkylation sites (N-methyl/N-ethyl adjacent to an activating group) is 1. The number of hydrogen-bond donors (Lipinski definition) is 1. The van der Waals surface area contributed by atoms with Crippen molar-refractivity contribution in [3.05, 3.63) is 0 Å². The Kier molecular flexibility index (Phi) is 4.05. The minimum absolute atomic E-state index is 0.00889. The Morgan fingerprint density at radius 1 is 1.41 bits per heavy atom. The van der Waals surface area contributed by atoms with E-state index in [1.54, 1.807) is 0 Å². The zero-order valence-electron chi connectivity index (χ0n) is 11.1. The van der Waals surface area contributed by atoms with E-state index in [2.05, 4.69) is 24.1 Å². The van der Waals surface area contributed by atoms with Crippen LogP contribution in [-0.2, 0) is 9.53 Å². The monoisotopic (exact) mass is 240 g/mol. The average molecular weight is 240 g/mol. The Bertz CT molecular complexity index is 283. The summed E-state index contributed by atoms with van der Waals surface area (Å²) in [6, 6.07) is 1.02. The largest absolute Gasteiger partial charge is 0.379 e. The molecule has 0 aromatic heterocycles. The SMILES string of the molecule is CCC1CCC(C)N1C(=O)C1COCC1NC. The van der Waals surface area contributed by atoms with Crippen LogP contribution < -0.4 is 5.32 Å². The molecule has 0 spiro atoms. The number of carbonyl (C=O) groups is 1. The maximum absolute atomic E-state index is 12.6. The molecule has 0 aromatic carbocycles. The van der Waals surface area contributed by atoms with Crippen molar-refractivity contribution in [2.24, 2.45) is 5.92 Å². The summed E-state index contributed by atoms with van der Waals surface area (Å²) in [5.74, 6) is 0.299. The molecule has 4 heteroatoms. The second kappa shape index (κ2) is 5.36. The predicted molar refractivity (Wildman–Crippen MR) is 66.8 cm³/mol. The number of amides is 1. The van der Waals surface area contributed by atoms with Gasteiger partial charge in [0.2, 0.25) is 5.91 Å². The molecule has 0 saturated carbocycles. The molecular formula is C13H24N2O2. The van der Waals surface area contributed by atoms with Gasteiger partial charge >= 0.3 is 0 Å². The van der Waals surface area contributed by atoms with Crippen molar-refractivity contribution in [2.45, 2.75) is 51.2 Å². The van der Waals surface area contributed by atoms with Crippen LogP contribution in [0.4, 0.5) is 0 Å². The quantitative estimate of drug-likeness (QED) is 0.800. The van der Waals surface area contributed by atoms with Crippen molar-refractivity contribution in [2.75, 3.05) is 20.3 Å². The van der Waals surface area contributed by atoms with Gasteiger partial charge in [-0.15, -0.1) is 0 Å². The van der Waals surface area contributed by atoms with Gasteiger partial charge in [0.25, 0.3) is 0 Å². The first-order valence-corrected chi connectivity index (χ1v) is 6.76. The Hall–Kier alpha value is -0.610. The summed E-state index contributed by atoms with van der Waals surface area (Å²) in [6.45, 7) is 5.57. The van der Waals surface area contributed by atoms with Crippen molar-refractivity contribution in [3.8, 4) is 0 Å². The van der Waals surface area contributed by atoms with E-state index in [0.717, 1.165) is 19.3 Å². The molecule has 2 heterocycles. The summed E-state index contributed by atoms with van der Waals surface area (Å²) in [7, 11) is 1.91. The lowest BCUT2D eigenvalue weighted by Crippen LogP contribution is -2.48. The molecular weight excluding hydrogens is 216 g/mol. The summed E-state index contributed by atoms with van der Waals surface area (Å²) in [4.78, 5) is 14.7. The van der Waals surface area contributed by atoms with Gasteiger partial charge in [0, 0.05) is 18.1 Å². The van der Waals surface area contributed by atoms with E-state index in [0.29, 0.717) is 31.2 Å². The lowest BCUT2D eigenvalue weighted by molar-refractivity contribution is -0.138. The van der Waals surface area contributed by atoms with E-state index >= 15 is 0 Å². The van der Waals surface area contributed by atoms with Crippen LogP contribution in [0.15, 0.2) is 0 Å². The molecule has 0 bridgehead atoms. The van der Waals surface area contributed by atoms with Gasteiger partial charge in [0.1, 0.15) is 0 Å². The minimum atomic E-state index is 0.00889. The van der Waals surface area contributed by atoms with Gasteiger partial charge < -0.3 is 15.0 Å². The van der Waals surface area contributed by atoms with Crippen LogP contribution >= 0.6 is 0 Å². The van der Waals surface area contributed by atoms with Crippen molar-refractivity contribution in [1.82, 2.24) is 10.2 Å². The number of hydrogen-bond acceptors (Lipinski definition) is 3. The molecule has 0 radical (unpaired) electrons. The standard InChI is InChI=1S/C13H24N2O2/c1-4-10-6-5-9(2)15(10)13(16)11-7-17-8-12(11)14-3/h9-12,14H,4-8H2,1-3H3. The number of likely N-dealkylation sites (tertiary alicyclic amines) is 1. The molecule has 2 saturated heterocycles. The van der Waals surface area contributed by atoms with Crippen LogP contribution in [0.2, 0.25) is 0 Å². The zero-order valence-corrected chi connectivity index (χ0v) is 11.1. The lowest BCUT2D eigenvalue weighted by atomic mass is 10.0. The van der Waals surface area contributed by atoms with Crippen molar-refractivity contribution in [3.63, 3.8) is 0 Å². The summed E-state index contributed by atoms with van der Waals surface area (Å²) in [5, 5.41) is 3.19. The molecule has 4 unspecified atom stereocenters. The molecule has 2 aliphatic rings. The third-order valence-electron chi connectivity index (χ3n) is 4.28. The molecule has 17 heavy (non-hydrogen) atoms. The number of carbonyl (C=O) groups excluding carboxylic acids is 1. The second-order valence-electron chi connectivity index (χ2n) is 5.27. The molecule has 98 valence electrons. The number of nitrogens with one attached hydrogen (secondary N) is 1. The first-order valence-electron chi connectivity index (χ1n) is 6.76. The zero-order chi connectivity index (χ0) is 12.4. The van der Waals surface area contributed by atoms with Crippen LogP contribution in [0.3, 0.4) is 0 Å². The van der Waals surface area contributed by atoms with Crippen LogP contribution in [0.5, 0.6) is 0 Å². The number of rotatable bonds is 3. The van der Waals surface area contributed by atoms with Crippen LogP contribution in [0, 0.1) is 5.92 Å². The third kappa shape index (κ3) is 2.33. The summed E-state index contributed by atoms with van der Waals surface area (Å²) < 4.78 is 5.44. The van der Waals surface area contributed by atoms with Crippen LogP contribution in [-0.4, -0.2) is 49.2 Å². The van der Waals surface area contributed by atoms with Crippen LogP contribution in [0.25, 0.3) is 0 Å². The molecule has 0 aromatic rings. The maximum atomic E-state index is 12.6. The first kappa shape index (κ1) is 12.8. The highest BCUT2D eigenvalue weighted by Gasteiger charge is 2.41. The second-order valence-corrected chi connectivity index (χ2v) is 5.27. The van der Waals surface area contributed by atoms with Gasteiger partial charge in [0.15, 0.2) is 0 Å². The normalized spacial score (nSPS) is 37.7. The van der Waals surface area contributed by atoms with E-state index < -0.39 is 0 Å². The van der Waals surface area contributed by atoms with E-state index in [-0.39, 0.29) is 12.0 Å². The average Bonchev–Trinajstić information content (AvgIpc) is 2.93. The van der Waals surface area contributed by atoms with Gasteiger partial charge in [-0.1, -0.05) is 6.92 Å². The van der Waals surface area contributed by atoms with E-state index in [1.165, 1.54) is 0 Å². The lowest BCUT2D eigenvalue weighted by Gasteiger charge is -2.31. The Morgan fingerprint density at radius 3 is 2.82 bits per heavy atom. The van der Waals surface area contributed by atoms with E-state index in [9.17, 15) is 4.79 Å². The molecule has 2 fully saturated rings. The van der Waals surface area contributed by atoms with Gasteiger partial charge in [0.05, 0.1) is 19.1 Å². The fourth-order valence-electron chi connectivity index (χ4n) is 3.14. The van der Waals surface area contributed by atoms with Gasteiger partial charge in [-0.05, 0) is 33.2 Å². The van der Waals surface area contributed by atoms with Crippen molar-refractivity contribution in [1.29, 1.82) is 0 Å². The number of nitrogens with zero attached hydrogens (tertiary/aromatic N) is 1. The molecule has 1 N–H and O–H groups in total. The van der Waals surface area contributed by atoms with Gasteiger partial charge in [-0.3, -0.25) is 4.79 Å². The molecule has 2 aliphatic heterocycles. The van der Waals surface area contributed by atoms with Gasteiger partial charge in [-0.25, -0.2) is 0 Å². The summed E-state index contributed by atoms with van der Waals surface area (Å²) in [5.41, 5.74) is 0. The van der Waals surface area contributed by atoms with E-state index in [4.69, 9.17) is 4.74 Å². The highest BCUT2D eigenvalue weighted by atomic mass is 16.5. The topological polar surface area (TPSA) is 41.6 Å².